The molecular weight excluding hydrogens is 156 g/mol. The fraction of sp³-hybridized carbons (Fsp3) is 0.846. The zero-order chi connectivity index (χ0) is 10.1. The van der Waals surface area contributed by atoms with Gasteiger partial charge < -0.3 is 0 Å². The predicted molar refractivity (Wildman–Crippen MR) is 61.9 cm³/mol. The molecule has 0 aromatic carbocycles. The lowest BCUT2D eigenvalue weighted by molar-refractivity contribution is 0.365. The monoisotopic (exact) mass is 182 g/mol. The first-order chi connectivity index (χ1) is 6.24. The van der Waals surface area contributed by atoms with E-state index in [0.717, 1.165) is 11.8 Å². The number of rotatable bonds is 7. The first kappa shape index (κ1) is 12.7. The van der Waals surface area contributed by atoms with Crippen molar-refractivity contribution in [2.75, 3.05) is 0 Å². The third-order valence-electron chi connectivity index (χ3n) is 2.80. The van der Waals surface area contributed by atoms with Gasteiger partial charge in [0, 0.05) is 0 Å². The van der Waals surface area contributed by atoms with Gasteiger partial charge in [-0.2, -0.15) is 0 Å². The molecule has 0 N–H and O–H groups in total. The Balaban J connectivity index is 3.68. The Morgan fingerprint density at radius 2 is 1.92 bits per heavy atom. The van der Waals surface area contributed by atoms with Crippen LogP contribution in [0.1, 0.15) is 59.8 Å². The van der Waals surface area contributed by atoms with Crippen LogP contribution < -0.4 is 0 Å². The Morgan fingerprint density at radius 1 is 1.23 bits per heavy atom. The maximum Gasteiger partial charge on any atom is -0.0322 e. The summed E-state index contributed by atoms with van der Waals surface area (Å²) in [7, 11) is 0. The molecule has 2 atom stereocenters. The molecule has 13 heavy (non-hydrogen) atoms. The summed E-state index contributed by atoms with van der Waals surface area (Å²) < 4.78 is 0. The predicted octanol–water partition coefficient (Wildman–Crippen LogP) is 4.81. The third-order valence-corrected chi connectivity index (χ3v) is 2.80. The molecule has 0 aromatic heterocycles. The lowest BCUT2D eigenvalue weighted by Crippen LogP contribution is -2.04. The van der Waals surface area contributed by atoms with Gasteiger partial charge >= 0.3 is 0 Å². The van der Waals surface area contributed by atoms with Crippen LogP contribution in [0.2, 0.25) is 0 Å². The second-order valence-electron chi connectivity index (χ2n) is 4.21. The molecule has 0 aliphatic rings. The highest BCUT2D eigenvalue weighted by Gasteiger charge is 2.09. The molecule has 0 saturated carbocycles. The fourth-order valence-corrected chi connectivity index (χ4v) is 1.94. The minimum atomic E-state index is 0.915. The van der Waals surface area contributed by atoms with E-state index in [2.05, 4.69) is 39.8 Å². The van der Waals surface area contributed by atoms with E-state index >= 15 is 0 Å². The molecule has 0 heterocycles. The summed E-state index contributed by atoms with van der Waals surface area (Å²) in [4.78, 5) is 0. The van der Waals surface area contributed by atoms with Crippen molar-refractivity contribution in [1.29, 1.82) is 0 Å². The summed E-state index contributed by atoms with van der Waals surface area (Å²) in [6, 6.07) is 0. The third kappa shape index (κ3) is 6.86. The molecule has 2 unspecified atom stereocenters. The van der Waals surface area contributed by atoms with Gasteiger partial charge in [-0.3, -0.25) is 0 Å². The number of hydrogen-bond acceptors (Lipinski definition) is 0. The van der Waals surface area contributed by atoms with Crippen LogP contribution in [-0.2, 0) is 0 Å². The van der Waals surface area contributed by atoms with Gasteiger partial charge in [0.15, 0.2) is 0 Å². The van der Waals surface area contributed by atoms with Crippen LogP contribution in [0.15, 0.2) is 12.2 Å². The molecule has 0 bridgehead atoms. The fourth-order valence-electron chi connectivity index (χ4n) is 1.94. The lowest BCUT2D eigenvalue weighted by Gasteiger charge is -2.17. The summed E-state index contributed by atoms with van der Waals surface area (Å²) in [6.07, 6.45) is 11.2. The smallest absolute Gasteiger partial charge is 0.0322 e. The van der Waals surface area contributed by atoms with Gasteiger partial charge in [0.25, 0.3) is 0 Å². The average molecular weight is 182 g/mol. The Hall–Kier alpha value is -0.260. The maximum absolute atomic E-state index is 2.39. The molecule has 0 amide bonds. The zero-order valence-corrected chi connectivity index (χ0v) is 9.84. The first-order valence-corrected chi connectivity index (χ1v) is 5.85. The van der Waals surface area contributed by atoms with Crippen LogP contribution in [0.5, 0.6) is 0 Å². The average Bonchev–Trinajstić information content (AvgIpc) is 2.12. The van der Waals surface area contributed by atoms with Crippen molar-refractivity contribution < 1.29 is 0 Å². The molecule has 0 rings (SSSR count). The van der Waals surface area contributed by atoms with Crippen LogP contribution in [0.25, 0.3) is 0 Å². The second-order valence-corrected chi connectivity index (χ2v) is 4.21. The maximum atomic E-state index is 2.39. The molecule has 78 valence electrons. The van der Waals surface area contributed by atoms with Crippen molar-refractivity contribution in [1.82, 2.24) is 0 Å². The van der Waals surface area contributed by atoms with E-state index in [1.54, 1.807) is 0 Å². The van der Waals surface area contributed by atoms with E-state index in [1.165, 1.54) is 32.1 Å². The Labute approximate surface area is 84.4 Å². The molecule has 0 nitrogen and oxygen atoms in total. The van der Waals surface area contributed by atoms with Gasteiger partial charge in [-0.1, -0.05) is 52.2 Å². The van der Waals surface area contributed by atoms with Crippen molar-refractivity contribution in [3.63, 3.8) is 0 Å². The van der Waals surface area contributed by atoms with Crippen molar-refractivity contribution in [2.45, 2.75) is 59.8 Å². The summed E-state index contributed by atoms with van der Waals surface area (Å²) in [5.41, 5.74) is 0. The van der Waals surface area contributed by atoms with Crippen LogP contribution >= 0.6 is 0 Å². The van der Waals surface area contributed by atoms with Gasteiger partial charge in [0.2, 0.25) is 0 Å². The largest absolute Gasteiger partial charge is 0.0917 e. The molecule has 0 aromatic rings. The van der Waals surface area contributed by atoms with Gasteiger partial charge in [-0.15, -0.1) is 0 Å². The Morgan fingerprint density at radius 3 is 2.38 bits per heavy atom. The molecule has 0 aliphatic heterocycles. The summed E-state index contributed by atoms with van der Waals surface area (Å²) in [6.45, 7) is 9.10. The number of allylic oxidation sites excluding steroid dienone is 2. The van der Waals surface area contributed by atoms with Gasteiger partial charge in [-0.05, 0) is 31.6 Å². The molecule has 0 fully saturated rings. The zero-order valence-electron chi connectivity index (χ0n) is 9.84. The van der Waals surface area contributed by atoms with E-state index < -0.39 is 0 Å². The minimum absolute atomic E-state index is 0.915. The van der Waals surface area contributed by atoms with Crippen LogP contribution in [0.4, 0.5) is 0 Å². The van der Waals surface area contributed by atoms with Crippen LogP contribution in [0, 0.1) is 11.8 Å². The minimum Gasteiger partial charge on any atom is -0.0917 e. The highest BCUT2D eigenvalue weighted by Crippen LogP contribution is 2.22. The van der Waals surface area contributed by atoms with E-state index in [-0.39, 0.29) is 0 Å². The first-order valence-electron chi connectivity index (χ1n) is 5.85. The van der Waals surface area contributed by atoms with E-state index in [0.29, 0.717) is 0 Å². The van der Waals surface area contributed by atoms with Gasteiger partial charge in [0.05, 0.1) is 0 Å². The van der Waals surface area contributed by atoms with Crippen molar-refractivity contribution in [2.24, 2.45) is 11.8 Å². The lowest BCUT2D eigenvalue weighted by atomic mass is 9.89. The highest BCUT2D eigenvalue weighted by atomic mass is 14.1. The summed E-state index contributed by atoms with van der Waals surface area (Å²) in [5, 5.41) is 0. The molecule has 0 spiro atoms. The summed E-state index contributed by atoms with van der Waals surface area (Å²) >= 11 is 0. The topological polar surface area (TPSA) is 0 Å². The summed E-state index contributed by atoms with van der Waals surface area (Å²) in [5.74, 6) is 1.83. The van der Waals surface area contributed by atoms with E-state index in [4.69, 9.17) is 0 Å². The SMILES string of the molecule is CC=CCC(CC)CC(C)CCC. The molecule has 0 radical (unpaired) electrons. The normalized spacial score (nSPS) is 16.3. The standard InChI is InChI=1S/C13H26/c1-5-8-10-13(7-3)11-12(4)9-6-2/h5,8,12-13H,6-7,9-11H2,1-4H3. The molecule has 0 heteroatoms. The molecule has 0 aliphatic carbocycles. The molecular formula is C13H26. The Kier molecular flexibility index (Phi) is 8.18. The number of hydrogen-bond donors (Lipinski definition) is 0. The Bertz CT molecular complexity index is 124. The van der Waals surface area contributed by atoms with E-state index in [1.807, 2.05) is 0 Å². The van der Waals surface area contributed by atoms with E-state index in [9.17, 15) is 0 Å². The van der Waals surface area contributed by atoms with Crippen molar-refractivity contribution in [3.05, 3.63) is 12.2 Å². The van der Waals surface area contributed by atoms with Gasteiger partial charge in [0.1, 0.15) is 0 Å². The van der Waals surface area contributed by atoms with Crippen LogP contribution in [-0.4, -0.2) is 0 Å². The van der Waals surface area contributed by atoms with Crippen molar-refractivity contribution in [3.8, 4) is 0 Å². The quantitative estimate of drug-likeness (QED) is 0.496. The van der Waals surface area contributed by atoms with Crippen molar-refractivity contribution >= 4 is 0 Å². The molecule has 0 saturated heterocycles. The van der Waals surface area contributed by atoms with Gasteiger partial charge in [-0.25, -0.2) is 0 Å². The highest BCUT2D eigenvalue weighted by molar-refractivity contribution is 4.80. The second kappa shape index (κ2) is 8.34. The van der Waals surface area contributed by atoms with Crippen LogP contribution in [0.3, 0.4) is 0 Å².